The van der Waals surface area contributed by atoms with Gasteiger partial charge in [-0.3, -0.25) is 0 Å². The van der Waals surface area contributed by atoms with Gasteiger partial charge in [0.25, 0.3) is 0 Å². The molecule has 0 bridgehead atoms. The second-order valence-corrected chi connectivity index (χ2v) is 5.41. The van der Waals surface area contributed by atoms with Crippen LogP contribution in [0.3, 0.4) is 0 Å². The van der Waals surface area contributed by atoms with Gasteiger partial charge < -0.3 is 5.32 Å². The first-order chi connectivity index (χ1) is 8.52. The summed E-state index contributed by atoms with van der Waals surface area (Å²) in [4.78, 5) is 4.63. The van der Waals surface area contributed by atoms with Crippen LogP contribution < -0.4 is 5.32 Å². The first-order valence-electron chi connectivity index (χ1n) is 6.06. The molecule has 0 atom stereocenters. The molecule has 1 heterocycles. The third-order valence-electron chi connectivity index (χ3n) is 2.83. The van der Waals surface area contributed by atoms with Crippen molar-refractivity contribution >= 4 is 39.9 Å². The van der Waals surface area contributed by atoms with E-state index in [-0.39, 0.29) is 0 Å². The van der Waals surface area contributed by atoms with E-state index >= 15 is 0 Å². The summed E-state index contributed by atoms with van der Waals surface area (Å²) in [6.07, 6.45) is 0. The van der Waals surface area contributed by atoms with Crippen LogP contribution in [-0.4, -0.2) is 11.5 Å². The third kappa shape index (κ3) is 2.55. The van der Waals surface area contributed by atoms with Gasteiger partial charge in [0.15, 0.2) is 0 Å². The highest BCUT2D eigenvalue weighted by atomic mass is 35.5. The van der Waals surface area contributed by atoms with Crippen LogP contribution in [0, 0.1) is 0 Å². The van der Waals surface area contributed by atoms with Crippen LogP contribution in [0.15, 0.2) is 18.2 Å². The number of fused-ring (bicyclic) bond motifs is 1. The van der Waals surface area contributed by atoms with E-state index in [1.54, 1.807) is 6.07 Å². The number of halogens is 2. The number of nitrogens with zero attached hydrogens (tertiary/aromatic N) is 1. The average Bonchev–Trinajstić information content (AvgIpc) is 2.29. The van der Waals surface area contributed by atoms with E-state index in [2.05, 4.69) is 37.1 Å². The van der Waals surface area contributed by atoms with Crippen molar-refractivity contribution in [3.8, 4) is 0 Å². The number of aromatic nitrogens is 1. The Kier molecular flexibility index (Phi) is 3.98. The highest BCUT2D eigenvalue weighted by Crippen LogP contribution is 2.32. The lowest BCUT2D eigenvalue weighted by Gasteiger charge is -2.14. The highest BCUT2D eigenvalue weighted by Gasteiger charge is 2.12. The van der Waals surface area contributed by atoms with Crippen LogP contribution >= 0.6 is 23.2 Å². The van der Waals surface area contributed by atoms with E-state index in [9.17, 15) is 0 Å². The molecular weight excluding hydrogens is 267 g/mol. The lowest BCUT2D eigenvalue weighted by atomic mass is 10.0. The number of pyridine rings is 1. The molecule has 1 aromatic carbocycles. The minimum Gasteiger partial charge on any atom is -0.370 e. The molecule has 2 nitrogen and oxygen atoms in total. The second-order valence-electron chi connectivity index (χ2n) is 4.57. The molecule has 0 saturated heterocycles. The van der Waals surface area contributed by atoms with Crippen LogP contribution in [0.2, 0.25) is 10.0 Å². The molecular formula is C14H16Cl2N2. The SMILES string of the molecule is CCNc1nc2c(Cl)cc(Cl)cc2cc1C(C)C. The first-order valence-corrected chi connectivity index (χ1v) is 6.82. The largest absolute Gasteiger partial charge is 0.370 e. The topological polar surface area (TPSA) is 24.9 Å². The van der Waals surface area contributed by atoms with Crippen LogP contribution in [0.1, 0.15) is 32.3 Å². The van der Waals surface area contributed by atoms with Crippen molar-refractivity contribution in [2.75, 3.05) is 11.9 Å². The Morgan fingerprint density at radius 2 is 1.94 bits per heavy atom. The van der Waals surface area contributed by atoms with E-state index in [1.807, 2.05) is 6.07 Å². The summed E-state index contributed by atoms with van der Waals surface area (Å²) in [5, 5.41) is 5.50. The fraction of sp³-hybridized carbons (Fsp3) is 0.357. The van der Waals surface area contributed by atoms with Crippen molar-refractivity contribution in [1.29, 1.82) is 0 Å². The highest BCUT2D eigenvalue weighted by molar-refractivity contribution is 6.38. The molecule has 0 aliphatic carbocycles. The van der Waals surface area contributed by atoms with Crippen molar-refractivity contribution in [2.24, 2.45) is 0 Å². The van der Waals surface area contributed by atoms with Crippen molar-refractivity contribution < 1.29 is 0 Å². The molecule has 0 fully saturated rings. The van der Waals surface area contributed by atoms with Crippen molar-refractivity contribution in [1.82, 2.24) is 4.98 Å². The first kappa shape index (κ1) is 13.4. The Balaban J connectivity index is 2.72. The van der Waals surface area contributed by atoms with Gasteiger partial charge in [0.2, 0.25) is 0 Å². The number of hydrogen-bond donors (Lipinski definition) is 1. The maximum absolute atomic E-state index is 6.19. The summed E-state index contributed by atoms with van der Waals surface area (Å²) < 4.78 is 0. The molecule has 1 aromatic heterocycles. The molecule has 18 heavy (non-hydrogen) atoms. The van der Waals surface area contributed by atoms with Crippen LogP contribution in [0.5, 0.6) is 0 Å². The normalized spacial score (nSPS) is 11.2. The van der Waals surface area contributed by atoms with Gasteiger partial charge in [-0.1, -0.05) is 37.0 Å². The number of anilines is 1. The molecule has 0 saturated carbocycles. The lowest BCUT2D eigenvalue weighted by molar-refractivity contribution is 0.862. The van der Waals surface area contributed by atoms with E-state index in [0.717, 1.165) is 23.3 Å². The molecule has 0 radical (unpaired) electrons. The van der Waals surface area contributed by atoms with Gasteiger partial charge >= 0.3 is 0 Å². The van der Waals surface area contributed by atoms with Gasteiger partial charge in [-0.05, 0) is 36.6 Å². The Morgan fingerprint density at radius 3 is 2.56 bits per heavy atom. The third-order valence-corrected chi connectivity index (χ3v) is 3.34. The average molecular weight is 283 g/mol. The van der Waals surface area contributed by atoms with Gasteiger partial charge in [0.05, 0.1) is 10.5 Å². The number of nitrogens with one attached hydrogen (secondary N) is 1. The number of rotatable bonds is 3. The molecule has 0 unspecified atom stereocenters. The van der Waals surface area contributed by atoms with Crippen molar-refractivity contribution in [2.45, 2.75) is 26.7 Å². The van der Waals surface area contributed by atoms with E-state index < -0.39 is 0 Å². The summed E-state index contributed by atoms with van der Waals surface area (Å²) in [5.41, 5.74) is 1.98. The standard InChI is InChI=1S/C14H16Cl2N2/c1-4-17-14-11(8(2)3)6-9-5-10(15)7-12(16)13(9)18-14/h5-8H,4H2,1-3H3,(H,17,18). The quantitative estimate of drug-likeness (QED) is 0.848. The van der Waals surface area contributed by atoms with Gasteiger partial charge in [-0.2, -0.15) is 0 Å². The maximum atomic E-state index is 6.19. The summed E-state index contributed by atoms with van der Waals surface area (Å²) in [6, 6.07) is 5.74. The lowest BCUT2D eigenvalue weighted by Crippen LogP contribution is -2.05. The summed E-state index contributed by atoms with van der Waals surface area (Å²) in [5.74, 6) is 1.30. The molecule has 96 valence electrons. The maximum Gasteiger partial charge on any atom is 0.130 e. The summed E-state index contributed by atoms with van der Waals surface area (Å²) in [6.45, 7) is 7.19. The van der Waals surface area contributed by atoms with Crippen molar-refractivity contribution in [3.05, 3.63) is 33.8 Å². The summed E-state index contributed by atoms with van der Waals surface area (Å²) in [7, 11) is 0. The molecule has 0 aliphatic rings. The van der Waals surface area contributed by atoms with Gasteiger partial charge in [0.1, 0.15) is 5.82 Å². The second kappa shape index (κ2) is 5.33. The summed E-state index contributed by atoms with van der Waals surface area (Å²) >= 11 is 12.2. The molecule has 0 aliphatic heterocycles. The van der Waals surface area contributed by atoms with E-state index in [0.29, 0.717) is 16.0 Å². The van der Waals surface area contributed by atoms with Crippen LogP contribution in [-0.2, 0) is 0 Å². The molecule has 0 spiro atoms. The van der Waals surface area contributed by atoms with Crippen LogP contribution in [0.25, 0.3) is 10.9 Å². The van der Waals surface area contributed by atoms with E-state index in [4.69, 9.17) is 23.2 Å². The molecule has 1 N–H and O–H groups in total. The van der Waals surface area contributed by atoms with Gasteiger partial charge in [-0.25, -0.2) is 4.98 Å². The molecule has 2 aromatic rings. The fourth-order valence-corrected chi connectivity index (χ4v) is 2.53. The minimum atomic E-state index is 0.397. The smallest absolute Gasteiger partial charge is 0.130 e. The Bertz CT molecular complexity index is 580. The fourth-order valence-electron chi connectivity index (χ4n) is 1.98. The predicted molar refractivity (Wildman–Crippen MR) is 80.0 cm³/mol. The van der Waals surface area contributed by atoms with Gasteiger partial charge in [-0.15, -0.1) is 0 Å². The Labute approximate surface area is 117 Å². The van der Waals surface area contributed by atoms with E-state index in [1.165, 1.54) is 5.56 Å². The van der Waals surface area contributed by atoms with Crippen molar-refractivity contribution in [3.63, 3.8) is 0 Å². The Morgan fingerprint density at radius 1 is 1.22 bits per heavy atom. The molecule has 2 rings (SSSR count). The number of benzene rings is 1. The minimum absolute atomic E-state index is 0.397. The zero-order valence-electron chi connectivity index (χ0n) is 10.7. The van der Waals surface area contributed by atoms with Crippen LogP contribution in [0.4, 0.5) is 5.82 Å². The van der Waals surface area contributed by atoms with Gasteiger partial charge in [0, 0.05) is 17.0 Å². The molecule has 0 amide bonds. The zero-order chi connectivity index (χ0) is 13.3. The zero-order valence-corrected chi connectivity index (χ0v) is 12.2. The molecule has 4 heteroatoms. The monoisotopic (exact) mass is 282 g/mol. The number of hydrogen-bond acceptors (Lipinski definition) is 2. The Hall–Kier alpha value is -0.990. The predicted octanol–water partition coefficient (Wildman–Crippen LogP) is 5.10.